The first-order valence-corrected chi connectivity index (χ1v) is 19.2. The molecule has 3 aromatic heterocycles. The van der Waals surface area contributed by atoms with Crippen LogP contribution in [0.3, 0.4) is 0 Å². The summed E-state index contributed by atoms with van der Waals surface area (Å²) in [5, 5.41) is 21.9. The minimum Gasteiger partial charge on any atom is -0.495 e. The molecule has 286 valence electrons. The summed E-state index contributed by atoms with van der Waals surface area (Å²) in [4.78, 5) is 37.9. The molecule has 4 aliphatic heterocycles. The number of oxazole rings is 2. The molecule has 4 aliphatic rings. The van der Waals surface area contributed by atoms with Crippen molar-refractivity contribution in [3.8, 4) is 45.5 Å². The van der Waals surface area contributed by atoms with Gasteiger partial charge in [-0.25, -0.2) is 9.97 Å². The van der Waals surface area contributed by atoms with Crippen LogP contribution in [0, 0.1) is 5.92 Å². The number of benzene rings is 3. The van der Waals surface area contributed by atoms with Gasteiger partial charge < -0.3 is 43.9 Å². The minimum atomic E-state index is -1.62. The number of ether oxygens (including phenoxy) is 2. The first-order chi connectivity index (χ1) is 27.0. The van der Waals surface area contributed by atoms with E-state index in [0.717, 1.165) is 55.7 Å². The standard InChI is InChI=1S/C43H42N6O7/c1-7-42(52,8-2)40(51)45-27-17-21-12-14-28-26(16-21)43-25-11-9-10-23(33(25)48-41(43)55-28)22-13-15-29(53-6)35-31(22)24(19-49(35)5)30-18-44-38(54-30)34-36(43)56-39(47-34)32(20(3)4)46-37(27)50/h9-16,18-20,27,32,41,48,52H,7-8,17H2,1-6H3,(H,45,51)(H,46,50)/t27?,32-,41-,43?/m0/s1. The van der Waals surface area contributed by atoms with Crippen molar-refractivity contribution in [2.24, 2.45) is 13.0 Å². The lowest BCUT2D eigenvalue weighted by atomic mass is 9.72. The van der Waals surface area contributed by atoms with E-state index in [1.807, 2.05) is 55.9 Å². The molecule has 0 radical (unpaired) electrons. The summed E-state index contributed by atoms with van der Waals surface area (Å²) in [5.41, 5.74) is 4.72. The number of rotatable bonds is 6. The number of aliphatic hydroxyl groups is 1. The molecule has 0 fully saturated rings. The lowest BCUT2D eigenvalue weighted by Crippen LogP contribution is -2.55. The molecule has 1 spiro atoms. The highest BCUT2D eigenvalue weighted by atomic mass is 16.5. The Labute approximate surface area is 322 Å². The molecule has 0 saturated heterocycles. The highest BCUT2D eigenvalue weighted by molar-refractivity contribution is 6.10. The van der Waals surface area contributed by atoms with Gasteiger partial charge in [0.05, 0.1) is 18.8 Å². The van der Waals surface area contributed by atoms with Crippen LogP contribution in [0.15, 0.2) is 69.8 Å². The zero-order valence-electron chi connectivity index (χ0n) is 31.9. The Morgan fingerprint density at radius 3 is 2.68 bits per heavy atom. The Bertz CT molecular complexity index is 2630. The number of aryl methyl sites for hydroxylation is 1. The Balaban J connectivity index is 1.28. The van der Waals surface area contributed by atoms with Gasteiger partial charge in [-0.2, -0.15) is 0 Å². The number of carbonyl (C=O) groups is 2. The summed E-state index contributed by atoms with van der Waals surface area (Å²) >= 11 is 0. The molecular weight excluding hydrogens is 713 g/mol. The van der Waals surface area contributed by atoms with Crippen molar-refractivity contribution in [3.63, 3.8) is 0 Å². The van der Waals surface area contributed by atoms with E-state index in [1.165, 1.54) is 0 Å². The molecule has 0 saturated carbocycles. The topological polar surface area (TPSA) is 166 Å². The lowest BCUT2D eigenvalue weighted by molar-refractivity contribution is -0.143. The maximum absolute atomic E-state index is 14.3. The van der Waals surface area contributed by atoms with Crippen molar-refractivity contribution in [1.29, 1.82) is 0 Å². The summed E-state index contributed by atoms with van der Waals surface area (Å²) < 4.78 is 28.5. The van der Waals surface area contributed by atoms with Gasteiger partial charge in [0, 0.05) is 53.0 Å². The average Bonchev–Trinajstić information content (AvgIpc) is 4.02. The molecule has 4 atom stereocenters. The van der Waals surface area contributed by atoms with Gasteiger partial charge in [-0.05, 0) is 48.1 Å². The van der Waals surface area contributed by atoms with Crippen LogP contribution in [0.5, 0.6) is 11.5 Å². The third-order valence-corrected chi connectivity index (χ3v) is 12.3. The van der Waals surface area contributed by atoms with E-state index in [-0.39, 0.29) is 37.0 Å². The van der Waals surface area contributed by atoms with Crippen LogP contribution in [0.25, 0.3) is 44.9 Å². The van der Waals surface area contributed by atoms with Gasteiger partial charge in [0.15, 0.2) is 23.4 Å². The summed E-state index contributed by atoms with van der Waals surface area (Å²) in [5.74, 6) is 1.67. The Kier molecular flexibility index (Phi) is 7.35. The van der Waals surface area contributed by atoms with E-state index in [2.05, 4.69) is 40.2 Å². The van der Waals surface area contributed by atoms with E-state index in [0.29, 0.717) is 23.0 Å². The van der Waals surface area contributed by atoms with Crippen molar-refractivity contribution in [2.75, 3.05) is 12.4 Å². The monoisotopic (exact) mass is 754 g/mol. The third kappa shape index (κ3) is 4.51. The van der Waals surface area contributed by atoms with Crippen LogP contribution in [0.4, 0.5) is 5.69 Å². The zero-order valence-corrected chi connectivity index (χ0v) is 31.9. The second-order valence-electron chi connectivity index (χ2n) is 15.7. The van der Waals surface area contributed by atoms with Crippen LogP contribution < -0.4 is 25.4 Å². The predicted molar refractivity (Wildman–Crippen MR) is 207 cm³/mol. The summed E-state index contributed by atoms with van der Waals surface area (Å²) in [7, 11) is 3.65. The lowest BCUT2D eigenvalue weighted by Gasteiger charge is -2.30. The second-order valence-corrected chi connectivity index (χ2v) is 15.7. The van der Waals surface area contributed by atoms with Crippen LogP contribution in [-0.4, -0.2) is 56.4 Å². The zero-order chi connectivity index (χ0) is 38.8. The quantitative estimate of drug-likeness (QED) is 0.150. The van der Waals surface area contributed by atoms with E-state index in [9.17, 15) is 14.7 Å². The van der Waals surface area contributed by atoms with E-state index in [1.54, 1.807) is 27.2 Å². The number of carbonyl (C=O) groups excluding carboxylic acids is 2. The van der Waals surface area contributed by atoms with Gasteiger partial charge in [0.25, 0.3) is 5.91 Å². The van der Waals surface area contributed by atoms with Crippen molar-refractivity contribution in [1.82, 2.24) is 25.2 Å². The number of hydrogen-bond acceptors (Lipinski definition) is 10. The summed E-state index contributed by atoms with van der Waals surface area (Å²) in [6.45, 7) is 7.44. The fraction of sp³-hybridized carbons (Fsp3) is 0.349. The number of nitrogens with zero attached hydrogens (tertiary/aromatic N) is 3. The predicted octanol–water partition coefficient (Wildman–Crippen LogP) is 6.36. The van der Waals surface area contributed by atoms with Crippen LogP contribution in [0.1, 0.15) is 74.9 Å². The van der Waals surface area contributed by atoms with E-state index in [4.69, 9.17) is 28.3 Å². The number of para-hydroxylation sites is 1. The van der Waals surface area contributed by atoms with Gasteiger partial charge in [-0.3, -0.25) is 9.59 Å². The van der Waals surface area contributed by atoms with E-state index >= 15 is 0 Å². The largest absolute Gasteiger partial charge is 0.495 e. The van der Waals surface area contributed by atoms with Crippen molar-refractivity contribution in [2.45, 2.75) is 76.3 Å². The molecule has 0 aliphatic carbocycles. The maximum Gasteiger partial charge on any atom is 0.252 e. The molecule has 6 aromatic rings. The molecule has 10 rings (SSSR count). The Hall–Kier alpha value is -6.08. The van der Waals surface area contributed by atoms with Gasteiger partial charge >= 0.3 is 0 Å². The molecule has 56 heavy (non-hydrogen) atoms. The molecule has 3 aromatic carbocycles. The number of aromatic nitrogens is 3. The fourth-order valence-corrected chi connectivity index (χ4v) is 9.21. The summed E-state index contributed by atoms with van der Waals surface area (Å²) in [6.07, 6.45) is 3.62. The minimum absolute atomic E-state index is 0.156. The normalized spacial score (nSPS) is 21.4. The SMILES string of the molecule is CCC(O)(CC)C(=O)NC1Cc2ccc3c(c2)C24c5cccc(c5N[C@H]2O3)-c2ccc(OC)c3c2c(cn3C)-c2cnc(o2)-c2nc(oc24)[C@H](C(C)C)NC1=O. The first kappa shape index (κ1) is 34.4. The van der Waals surface area contributed by atoms with Gasteiger partial charge in [0.1, 0.15) is 34.6 Å². The molecule has 4 N–H and O–H groups in total. The Morgan fingerprint density at radius 2 is 1.91 bits per heavy atom. The van der Waals surface area contributed by atoms with Crippen molar-refractivity contribution < 1.29 is 33.0 Å². The Morgan fingerprint density at radius 1 is 1.09 bits per heavy atom. The van der Waals surface area contributed by atoms with Crippen LogP contribution in [0.2, 0.25) is 0 Å². The molecular formula is C43H42N6O7. The molecule has 10 bridgehead atoms. The smallest absolute Gasteiger partial charge is 0.252 e. The van der Waals surface area contributed by atoms with Crippen LogP contribution >= 0.6 is 0 Å². The highest BCUT2D eigenvalue weighted by Crippen LogP contribution is 2.61. The van der Waals surface area contributed by atoms with Gasteiger partial charge in [-0.15, -0.1) is 0 Å². The van der Waals surface area contributed by atoms with Crippen molar-refractivity contribution >= 4 is 28.4 Å². The third-order valence-electron chi connectivity index (χ3n) is 12.3. The van der Waals surface area contributed by atoms with Crippen LogP contribution in [-0.2, 0) is 28.5 Å². The number of methoxy groups -OCH3 is 1. The number of nitrogens with one attached hydrogen (secondary N) is 3. The molecule has 7 heterocycles. The number of hydrogen-bond donors (Lipinski definition) is 4. The van der Waals surface area contributed by atoms with E-state index < -0.39 is 41.1 Å². The maximum atomic E-state index is 14.3. The van der Waals surface area contributed by atoms with Gasteiger partial charge in [-0.1, -0.05) is 58.0 Å². The number of fused-ring (bicyclic) bond motifs is 7. The second kappa shape index (κ2) is 12.0. The average molecular weight is 755 g/mol. The highest BCUT2D eigenvalue weighted by Gasteiger charge is 2.61. The number of amides is 2. The first-order valence-electron chi connectivity index (χ1n) is 19.2. The van der Waals surface area contributed by atoms with Crippen molar-refractivity contribution in [3.05, 3.63) is 89.3 Å². The molecule has 13 nitrogen and oxygen atoms in total. The van der Waals surface area contributed by atoms with Gasteiger partial charge in [0.2, 0.25) is 17.7 Å². The summed E-state index contributed by atoms with van der Waals surface area (Å²) in [6, 6.07) is 14.4. The molecule has 2 unspecified atom stereocenters. The molecule has 13 heteroatoms. The number of anilines is 1. The fourth-order valence-electron chi connectivity index (χ4n) is 9.21. The molecule has 2 amide bonds.